The number of anilines is 1. The van der Waals surface area contributed by atoms with E-state index in [1.54, 1.807) is 32.0 Å². The molecule has 0 fully saturated rings. The predicted molar refractivity (Wildman–Crippen MR) is 66.3 cm³/mol. The third-order valence-electron chi connectivity index (χ3n) is 2.68. The summed E-state index contributed by atoms with van der Waals surface area (Å²) in [6.07, 6.45) is 0. The molecule has 1 aromatic carbocycles. The molecule has 0 aliphatic heterocycles. The molecule has 0 saturated heterocycles. The van der Waals surface area contributed by atoms with Gasteiger partial charge in [-0.3, -0.25) is 9.59 Å². The highest BCUT2D eigenvalue weighted by Crippen LogP contribution is 2.19. The molecule has 0 aliphatic rings. The minimum absolute atomic E-state index is 0.0295. The minimum atomic E-state index is -0.157. The molecule has 1 aromatic heterocycles. The van der Waals surface area contributed by atoms with Gasteiger partial charge in [-0.15, -0.1) is 0 Å². The van der Waals surface area contributed by atoms with E-state index in [9.17, 15) is 9.59 Å². The third kappa shape index (κ3) is 2.06. The second kappa shape index (κ2) is 4.05. The molecule has 17 heavy (non-hydrogen) atoms. The molecule has 1 N–H and O–H groups in total. The van der Waals surface area contributed by atoms with Gasteiger partial charge in [0.1, 0.15) is 11.3 Å². The molecule has 4 nitrogen and oxygen atoms in total. The average molecular weight is 231 g/mol. The van der Waals surface area contributed by atoms with Crippen molar-refractivity contribution in [2.24, 2.45) is 0 Å². The van der Waals surface area contributed by atoms with Crippen LogP contribution in [0.1, 0.15) is 18.2 Å². The summed E-state index contributed by atoms with van der Waals surface area (Å²) in [5.74, 6) is 0.443. The van der Waals surface area contributed by atoms with E-state index in [2.05, 4.69) is 5.32 Å². The number of carbonyl (C=O) groups is 1. The fourth-order valence-electron chi connectivity index (χ4n) is 1.68. The molecule has 0 radical (unpaired) electrons. The predicted octanol–water partition coefficient (Wildman–Crippen LogP) is 2.37. The number of carbonyl (C=O) groups excluding carboxylic acids is 1. The Labute approximate surface area is 98.3 Å². The van der Waals surface area contributed by atoms with E-state index in [-0.39, 0.29) is 11.3 Å². The Hall–Kier alpha value is -2.10. The fraction of sp³-hybridized carbons (Fsp3) is 0.231. The second-order valence-corrected chi connectivity index (χ2v) is 4.00. The van der Waals surface area contributed by atoms with Crippen molar-refractivity contribution in [3.05, 3.63) is 39.7 Å². The maximum absolute atomic E-state index is 11.9. The van der Waals surface area contributed by atoms with Gasteiger partial charge in [-0.05, 0) is 26.0 Å². The van der Waals surface area contributed by atoms with Gasteiger partial charge in [0.05, 0.1) is 5.39 Å². The van der Waals surface area contributed by atoms with Crippen molar-refractivity contribution in [1.82, 2.24) is 0 Å². The maximum atomic E-state index is 11.9. The number of amides is 1. The number of rotatable bonds is 1. The van der Waals surface area contributed by atoms with Crippen molar-refractivity contribution in [3.8, 4) is 0 Å². The summed E-state index contributed by atoms with van der Waals surface area (Å²) in [6.45, 7) is 4.92. The number of aryl methyl sites for hydroxylation is 1. The second-order valence-electron chi connectivity index (χ2n) is 4.00. The van der Waals surface area contributed by atoms with E-state index in [0.717, 1.165) is 0 Å². The topological polar surface area (TPSA) is 59.3 Å². The number of nitrogens with one attached hydrogen (secondary N) is 1. The molecule has 2 rings (SSSR count). The van der Waals surface area contributed by atoms with Gasteiger partial charge in [-0.2, -0.15) is 0 Å². The van der Waals surface area contributed by atoms with Gasteiger partial charge in [-0.25, -0.2) is 0 Å². The molecule has 2 aromatic rings. The van der Waals surface area contributed by atoms with Gasteiger partial charge in [0.2, 0.25) is 5.91 Å². The SMILES string of the molecule is CC(=O)Nc1ccc2c(=O)c(C)c(C)oc2c1. The summed E-state index contributed by atoms with van der Waals surface area (Å²) in [4.78, 5) is 22.9. The first-order valence-corrected chi connectivity index (χ1v) is 5.30. The van der Waals surface area contributed by atoms with Gasteiger partial charge in [0.25, 0.3) is 0 Å². The van der Waals surface area contributed by atoms with Crippen LogP contribution in [-0.2, 0) is 4.79 Å². The Balaban J connectivity index is 2.67. The lowest BCUT2D eigenvalue weighted by molar-refractivity contribution is -0.114. The first-order valence-electron chi connectivity index (χ1n) is 5.30. The number of fused-ring (bicyclic) bond motifs is 1. The van der Waals surface area contributed by atoms with Crippen LogP contribution in [0.5, 0.6) is 0 Å². The Morgan fingerprint density at radius 1 is 1.29 bits per heavy atom. The van der Waals surface area contributed by atoms with Crippen LogP contribution in [0.3, 0.4) is 0 Å². The summed E-state index contributed by atoms with van der Waals surface area (Å²) in [5, 5.41) is 3.18. The molecule has 1 heterocycles. The van der Waals surface area contributed by atoms with Crippen molar-refractivity contribution in [3.63, 3.8) is 0 Å². The summed E-state index contributed by atoms with van der Waals surface area (Å²) in [5.41, 5.74) is 1.70. The normalized spacial score (nSPS) is 10.5. The number of hydrogen-bond donors (Lipinski definition) is 1. The quantitative estimate of drug-likeness (QED) is 0.819. The van der Waals surface area contributed by atoms with Crippen LogP contribution in [-0.4, -0.2) is 5.91 Å². The molecule has 1 amide bonds. The number of hydrogen-bond acceptors (Lipinski definition) is 3. The molecule has 0 bridgehead atoms. The van der Waals surface area contributed by atoms with Gasteiger partial charge >= 0.3 is 0 Å². The average Bonchev–Trinajstić information content (AvgIpc) is 2.25. The van der Waals surface area contributed by atoms with Crippen LogP contribution in [0.15, 0.2) is 27.4 Å². The van der Waals surface area contributed by atoms with E-state index >= 15 is 0 Å². The largest absolute Gasteiger partial charge is 0.461 e. The Bertz CT molecular complexity index is 655. The van der Waals surface area contributed by atoms with E-state index < -0.39 is 0 Å². The van der Waals surface area contributed by atoms with Gasteiger partial charge in [0.15, 0.2) is 5.43 Å². The first kappa shape index (κ1) is 11.4. The van der Waals surface area contributed by atoms with Crippen molar-refractivity contribution >= 4 is 22.6 Å². The summed E-state index contributed by atoms with van der Waals surface area (Å²) < 4.78 is 5.54. The Morgan fingerprint density at radius 3 is 2.65 bits per heavy atom. The van der Waals surface area contributed by atoms with Crippen LogP contribution < -0.4 is 10.7 Å². The van der Waals surface area contributed by atoms with Crippen LogP contribution in [0.2, 0.25) is 0 Å². The molecular weight excluding hydrogens is 218 g/mol. The zero-order valence-corrected chi connectivity index (χ0v) is 9.96. The summed E-state index contributed by atoms with van der Waals surface area (Å²) in [6, 6.07) is 5.01. The lowest BCUT2D eigenvalue weighted by Gasteiger charge is -2.05. The standard InChI is InChI=1S/C13H13NO3/c1-7-8(2)17-12-6-10(14-9(3)15)4-5-11(12)13(7)16/h4-6H,1-3H3,(H,14,15). The maximum Gasteiger partial charge on any atom is 0.221 e. The van der Waals surface area contributed by atoms with E-state index in [4.69, 9.17) is 4.42 Å². The smallest absolute Gasteiger partial charge is 0.221 e. The Morgan fingerprint density at radius 2 is 2.00 bits per heavy atom. The van der Waals surface area contributed by atoms with E-state index in [1.165, 1.54) is 6.92 Å². The lowest BCUT2D eigenvalue weighted by Crippen LogP contribution is -2.09. The first-order chi connectivity index (χ1) is 7.99. The minimum Gasteiger partial charge on any atom is -0.461 e. The summed E-state index contributed by atoms with van der Waals surface area (Å²) in [7, 11) is 0. The molecule has 4 heteroatoms. The molecule has 0 aliphatic carbocycles. The van der Waals surface area contributed by atoms with Crippen LogP contribution in [0.4, 0.5) is 5.69 Å². The fourth-order valence-corrected chi connectivity index (χ4v) is 1.68. The zero-order valence-electron chi connectivity index (χ0n) is 9.96. The van der Waals surface area contributed by atoms with Crippen LogP contribution in [0, 0.1) is 13.8 Å². The van der Waals surface area contributed by atoms with E-state index in [0.29, 0.717) is 28.0 Å². The third-order valence-corrected chi connectivity index (χ3v) is 2.68. The molecule has 0 spiro atoms. The van der Waals surface area contributed by atoms with Gasteiger partial charge < -0.3 is 9.73 Å². The molecule has 88 valence electrons. The monoisotopic (exact) mass is 231 g/mol. The summed E-state index contributed by atoms with van der Waals surface area (Å²) >= 11 is 0. The van der Waals surface area contributed by atoms with Crippen molar-refractivity contribution < 1.29 is 9.21 Å². The molecule has 0 atom stereocenters. The van der Waals surface area contributed by atoms with Gasteiger partial charge in [0, 0.05) is 24.2 Å². The molecular formula is C13H13NO3. The Kier molecular flexibility index (Phi) is 2.71. The highest BCUT2D eigenvalue weighted by molar-refractivity contribution is 5.91. The highest BCUT2D eigenvalue weighted by Gasteiger charge is 2.08. The van der Waals surface area contributed by atoms with Crippen molar-refractivity contribution in [1.29, 1.82) is 0 Å². The highest BCUT2D eigenvalue weighted by atomic mass is 16.3. The zero-order chi connectivity index (χ0) is 12.6. The van der Waals surface area contributed by atoms with Crippen LogP contribution >= 0.6 is 0 Å². The van der Waals surface area contributed by atoms with Crippen molar-refractivity contribution in [2.45, 2.75) is 20.8 Å². The lowest BCUT2D eigenvalue weighted by atomic mass is 10.1. The molecule has 0 unspecified atom stereocenters. The van der Waals surface area contributed by atoms with Crippen molar-refractivity contribution in [2.75, 3.05) is 5.32 Å². The number of benzene rings is 1. The van der Waals surface area contributed by atoms with Crippen LogP contribution in [0.25, 0.3) is 11.0 Å². The van der Waals surface area contributed by atoms with Gasteiger partial charge in [-0.1, -0.05) is 0 Å². The molecule has 0 saturated carbocycles. The van der Waals surface area contributed by atoms with E-state index in [1.807, 2.05) is 0 Å².